The molecule has 0 unspecified atom stereocenters. The van der Waals surface area contributed by atoms with Gasteiger partial charge >= 0.3 is 5.97 Å². The minimum Gasteiger partial charge on any atom is -0.482 e. The fourth-order valence-corrected chi connectivity index (χ4v) is 4.37. The number of carbonyl (C=O) groups excluding carboxylic acids is 2. The summed E-state index contributed by atoms with van der Waals surface area (Å²) in [4.78, 5) is 24.8. The largest absolute Gasteiger partial charge is 0.482 e. The van der Waals surface area contributed by atoms with Crippen LogP contribution >= 0.6 is 0 Å². The van der Waals surface area contributed by atoms with Gasteiger partial charge in [0.05, 0.1) is 0 Å². The molecule has 1 aliphatic carbocycles. The van der Waals surface area contributed by atoms with E-state index in [1.807, 2.05) is 38.1 Å². The van der Waals surface area contributed by atoms with Crippen LogP contribution in [0.5, 0.6) is 5.75 Å². The zero-order chi connectivity index (χ0) is 23.4. The summed E-state index contributed by atoms with van der Waals surface area (Å²) in [5, 5.41) is 0. The number of aromatic nitrogens is 1. The Balaban J connectivity index is 1.28. The minimum absolute atomic E-state index is 0.233. The molecule has 33 heavy (non-hydrogen) atoms. The fourth-order valence-electron chi connectivity index (χ4n) is 4.37. The van der Waals surface area contributed by atoms with Gasteiger partial charge in [-0.1, -0.05) is 18.2 Å². The molecule has 0 saturated heterocycles. The molecule has 2 aromatic carbocycles. The summed E-state index contributed by atoms with van der Waals surface area (Å²) in [5.41, 5.74) is 5.94. The zero-order valence-electron chi connectivity index (χ0n) is 19.0. The molecule has 5 nitrogen and oxygen atoms in total. The Morgan fingerprint density at radius 3 is 2.52 bits per heavy atom. The highest BCUT2D eigenvalue weighted by atomic mass is 19.1. The van der Waals surface area contributed by atoms with Gasteiger partial charge in [0.1, 0.15) is 11.6 Å². The molecule has 0 spiro atoms. The average molecular weight is 450 g/mol. The topological polar surface area (TPSA) is 57.5 Å². The molecule has 6 heteroatoms. The number of Topliss-reactive ketones (excluding diaryl/α,β-unsaturated/α-hetero) is 1. The Hall–Kier alpha value is -3.41. The van der Waals surface area contributed by atoms with E-state index in [-0.39, 0.29) is 24.8 Å². The smallest absolute Gasteiger partial charge is 0.344 e. The van der Waals surface area contributed by atoms with E-state index in [0.717, 1.165) is 42.6 Å². The standard InChI is InChI=1S/C27H28FNO4/c1-18-14-25(19(2)29(18)13-12-20-6-9-23(28)10-7-20)26(30)16-33-27(31)17-32-24-11-8-21-4-3-5-22(21)15-24/h6-11,14-15H,3-5,12-13,16-17H2,1-2H3. The van der Waals surface area contributed by atoms with Gasteiger partial charge in [-0.3, -0.25) is 4.79 Å². The van der Waals surface area contributed by atoms with Crippen LogP contribution in [0.4, 0.5) is 4.39 Å². The predicted octanol–water partition coefficient (Wildman–Crippen LogP) is 4.78. The third kappa shape index (κ3) is 5.51. The Morgan fingerprint density at radius 2 is 1.73 bits per heavy atom. The first-order valence-corrected chi connectivity index (χ1v) is 11.3. The second-order valence-electron chi connectivity index (χ2n) is 8.47. The number of aryl methyl sites for hydroxylation is 4. The molecule has 1 heterocycles. The maximum absolute atomic E-state index is 13.1. The third-order valence-electron chi connectivity index (χ3n) is 6.20. The molecular formula is C27H28FNO4. The Morgan fingerprint density at radius 1 is 0.970 bits per heavy atom. The number of fused-ring (bicyclic) bond motifs is 1. The van der Waals surface area contributed by atoms with Gasteiger partial charge in [-0.2, -0.15) is 0 Å². The molecule has 0 amide bonds. The summed E-state index contributed by atoms with van der Waals surface area (Å²) >= 11 is 0. The van der Waals surface area contributed by atoms with Crippen molar-refractivity contribution < 1.29 is 23.5 Å². The highest BCUT2D eigenvalue weighted by Gasteiger charge is 2.18. The first kappa shape index (κ1) is 22.8. The third-order valence-corrected chi connectivity index (χ3v) is 6.20. The Labute approximate surface area is 193 Å². The predicted molar refractivity (Wildman–Crippen MR) is 123 cm³/mol. The van der Waals surface area contributed by atoms with E-state index in [1.165, 1.54) is 23.3 Å². The van der Waals surface area contributed by atoms with Gasteiger partial charge in [0.25, 0.3) is 0 Å². The quantitative estimate of drug-likeness (QED) is 0.349. The second-order valence-corrected chi connectivity index (χ2v) is 8.47. The van der Waals surface area contributed by atoms with Gasteiger partial charge in [0, 0.05) is 23.5 Å². The van der Waals surface area contributed by atoms with Gasteiger partial charge < -0.3 is 14.0 Å². The average Bonchev–Trinajstić information content (AvgIpc) is 3.39. The zero-order valence-corrected chi connectivity index (χ0v) is 19.0. The van der Waals surface area contributed by atoms with E-state index in [4.69, 9.17) is 9.47 Å². The van der Waals surface area contributed by atoms with Crippen molar-refractivity contribution in [3.8, 4) is 5.75 Å². The molecule has 0 radical (unpaired) electrons. The first-order chi connectivity index (χ1) is 15.9. The lowest BCUT2D eigenvalue weighted by Gasteiger charge is -2.10. The van der Waals surface area contributed by atoms with E-state index in [9.17, 15) is 14.0 Å². The van der Waals surface area contributed by atoms with Crippen molar-refractivity contribution in [3.63, 3.8) is 0 Å². The number of ketones is 1. The van der Waals surface area contributed by atoms with E-state index in [2.05, 4.69) is 4.57 Å². The van der Waals surface area contributed by atoms with Crippen molar-refractivity contribution >= 4 is 11.8 Å². The van der Waals surface area contributed by atoms with Crippen molar-refractivity contribution in [2.45, 2.75) is 46.1 Å². The molecule has 0 atom stereocenters. The van der Waals surface area contributed by atoms with Crippen LogP contribution in [0, 0.1) is 19.7 Å². The normalized spacial score (nSPS) is 12.5. The summed E-state index contributed by atoms with van der Waals surface area (Å²) in [5.74, 6) is -0.438. The van der Waals surface area contributed by atoms with Crippen LogP contribution in [0.2, 0.25) is 0 Å². The first-order valence-electron chi connectivity index (χ1n) is 11.3. The van der Waals surface area contributed by atoms with Crippen molar-refractivity contribution in [2.24, 2.45) is 0 Å². The van der Waals surface area contributed by atoms with Crippen molar-refractivity contribution in [2.75, 3.05) is 13.2 Å². The number of nitrogens with zero attached hydrogens (tertiary/aromatic N) is 1. The Kier molecular flexibility index (Phi) is 6.92. The molecule has 3 aromatic rings. The maximum Gasteiger partial charge on any atom is 0.344 e. The van der Waals surface area contributed by atoms with Gasteiger partial charge in [-0.25, -0.2) is 9.18 Å². The molecule has 0 aliphatic heterocycles. The molecule has 1 aliphatic rings. The molecule has 0 bridgehead atoms. The Bertz CT molecular complexity index is 1160. The summed E-state index contributed by atoms with van der Waals surface area (Å²) < 4.78 is 25.9. The number of halogens is 1. The lowest BCUT2D eigenvalue weighted by atomic mass is 10.1. The summed E-state index contributed by atoms with van der Waals surface area (Å²) in [6, 6.07) is 14.1. The van der Waals surface area contributed by atoms with Crippen LogP contribution in [0.3, 0.4) is 0 Å². The number of ether oxygens (including phenoxy) is 2. The van der Waals surface area contributed by atoms with Crippen LogP contribution in [-0.4, -0.2) is 29.5 Å². The van der Waals surface area contributed by atoms with Crippen LogP contribution in [0.15, 0.2) is 48.5 Å². The second kappa shape index (κ2) is 10.0. The number of esters is 1. The maximum atomic E-state index is 13.1. The van der Waals surface area contributed by atoms with Gasteiger partial charge in [0.2, 0.25) is 5.78 Å². The van der Waals surface area contributed by atoms with E-state index >= 15 is 0 Å². The van der Waals surface area contributed by atoms with Crippen molar-refractivity contribution in [1.82, 2.24) is 4.57 Å². The van der Waals surface area contributed by atoms with Crippen LogP contribution in [-0.2, 0) is 35.3 Å². The lowest BCUT2D eigenvalue weighted by Crippen LogP contribution is -2.20. The minimum atomic E-state index is -0.575. The number of hydrogen-bond acceptors (Lipinski definition) is 4. The highest BCUT2D eigenvalue weighted by molar-refractivity contribution is 5.99. The van der Waals surface area contributed by atoms with Crippen molar-refractivity contribution in [1.29, 1.82) is 0 Å². The van der Waals surface area contributed by atoms with Crippen LogP contribution < -0.4 is 4.74 Å². The molecule has 1 aromatic heterocycles. The monoisotopic (exact) mass is 449 g/mol. The summed E-state index contributed by atoms with van der Waals surface area (Å²) in [7, 11) is 0. The molecule has 0 saturated carbocycles. The van der Waals surface area contributed by atoms with Gasteiger partial charge in [0.15, 0.2) is 13.2 Å². The molecule has 0 fully saturated rings. The molecular weight excluding hydrogens is 421 g/mol. The van der Waals surface area contributed by atoms with E-state index in [1.54, 1.807) is 12.1 Å². The van der Waals surface area contributed by atoms with E-state index < -0.39 is 5.97 Å². The summed E-state index contributed by atoms with van der Waals surface area (Å²) in [6.07, 6.45) is 4.00. The number of carbonyl (C=O) groups is 2. The molecule has 4 rings (SSSR count). The van der Waals surface area contributed by atoms with Gasteiger partial charge in [-0.05, 0) is 86.6 Å². The fraction of sp³-hybridized carbons (Fsp3) is 0.333. The van der Waals surface area contributed by atoms with Gasteiger partial charge in [-0.15, -0.1) is 0 Å². The van der Waals surface area contributed by atoms with Crippen LogP contribution in [0.1, 0.15) is 44.9 Å². The molecule has 172 valence electrons. The number of rotatable bonds is 9. The number of benzene rings is 2. The van der Waals surface area contributed by atoms with Crippen molar-refractivity contribution in [3.05, 3.63) is 88.0 Å². The lowest BCUT2D eigenvalue weighted by molar-refractivity contribution is -0.144. The summed E-state index contributed by atoms with van der Waals surface area (Å²) in [6.45, 7) is 3.93. The SMILES string of the molecule is Cc1cc(C(=O)COC(=O)COc2ccc3c(c2)CCC3)c(C)n1CCc1ccc(F)cc1. The van der Waals surface area contributed by atoms with Crippen LogP contribution in [0.25, 0.3) is 0 Å². The number of hydrogen-bond donors (Lipinski definition) is 0. The highest BCUT2D eigenvalue weighted by Crippen LogP contribution is 2.26. The molecule has 0 N–H and O–H groups in total. The van der Waals surface area contributed by atoms with E-state index in [0.29, 0.717) is 17.9 Å².